The summed E-state index contributed by atoms with van der Waals surface area (Å²) in [6.45, 7) is 1.95. The summed E-state index contributed by atoms with van der Waals surface area (Å²) < 4.78 is 5.51. The summed E-state index contributed by atoms with van der Waals surface area (Å²) in [5.74, 6) is 0.126. The van der Waals surface area contributed by atoms with Crippen LogP contribution in [0.5, 0.6) is 0 Å². The van der Waals surface area contributed by atoms with Gasteiger partial charge in [-0.3, -0.25) is 14.5 Å². The summed E-state index contributed by atoms with van der Waals surface area (Å²) in [5.41, 5.74) is 7.12. The van der Waals surface area contributed by atoms with Gasteiger partial charge in [-0.05, 0) is 23.8 Å². The molecule has 3 rings (SSSR count). The lowest BCUT2D eigenvalue weighted by atomic mass is 10.1. The van der Waals surface area contributed by atoms with E-state index in [0.29, 0.717) is 12.8 Å². The molecule has 0 saturated heterocycles. The highest BCUT2D eigenvalue weighted by atomic mass is 16.4. The van der Waals surface area contributed by atoms with Crippen LogP contribution < -0.4 is 10.6 Å². The number of anilines is 1. The van der Waals surface area contributed by atoms with Crippen molar-refractivity contribution in [3.63, 3.8) is 0 Å². The number of hydrogen-bond donors (Lipinski definition) is 1. The first kappa shape index (κ1) is 13.4. The molecule has 1 aliphatic rings. The molecule has 0 fully saturated rings. The number of para-hydroxylation sites is 1. The molecule has 1 atom stereocenters. The SMILES string of the molecule is CCc1ccc(C(=O)N2c3ccccc3C[C@H]2C(N)=O)o1. The van der Waals surface area contributed by atoms with Crippen LogP contribution in [0.3, 0.4) is 0 Å². The molecule has 2 amide bonds. The van der Waals surface area contributed by atoms with Crippen LogP contribution in [0.15, 0.2) is 40.8 Å². The number of carbonyl (C=O) groups excluding carboxylic acids is 2. The molecular weight excluding hydrogens is 268 g/mol. The van der Waals surface area contributed by atoms with E-state index in [9.17, 15) is 9.59 Å². The van der Waals surface area contributed by atoms with Crippen LogP contribution >= 0.6 is 0 Å². The van der Waals surface area contributed by atoms with E-state index in [-0.39, 0.29) is 11.7 Å². The Labute approximate surface area is 122 Å². The predicted molar refractivity (Wildman–Crippen MR) is 78.0 cm³/mol. The smallest absolute Gasteiger partial charge is 0.294 e. The van der Waals surface area contributed by atoms with Gasteiger partial charge in [0.2, 0.25) is 5.91 Å². The molecule has 108 valence electrons. The first-order chi connectivity index (χ1) is 10.1. The van der Waals surface area contributed by atoms with Gasteiger partial charge in [-0.1, -0.05) is 25.1 Å². The van der Waals surface area contributed by atoms with E-state index in [4.69, 9.17) is 10.2 Å². The van der Waals surface area contributed by atoms with E-state index in [0.717, 1.165) is 17.0 Å². The van der Waals surface area contributed by atoms with Crippen LogP contribution in [0, 0.1) is 0 Å². The van der Waals surface area contributed by atoms with Crippen LogP contribution in [-0.4, -0.2) is 17.9 Å². The number of furan rings is 1. The molecule has 1 aromatic carbocycles. The summed E-state index contributed by atoms with van der Waals surface area (Å²) in [6.07, 6.45) is 1.15. The summed E-state index contributed by atoms with van der Waals surface area (Å²) >= 11 is 0. The second kappa shape index (κ2) is 5.09. The van der Waals surface area contributed by atoms with E-state index in [1.54, 1.807) is 12.1 Å². The Morgan fingerprint density at radius 2 is 2.05 bits per heavy atom. The van der Waals surface area contributed by atoms with E-state index in [1.807, 2.05) is 31.2 Å². The Balaban J connectivity index is 2.01. The van der Waals surface area contributed by atoms with E-state index in [1.165, 1.54) is 4.90 Å². The van der Waals surface area contributed by atoms with Crippen LogP contribution in [0.4, 0.5) is 5.69 Å². The zero-order chi connectivity index (χ0) is 15.0. The second-order valence-electron chi connectivity index (χ2n) is 5.05. The van der Waals surface area contributed by atoms with Gasteiger partial charge in [0.25, 0.3) is 5.91 Å². The van der Waals surface area contributed by atoms with Gasteiger partial charge in [0.15, 0.2) is 5.76 Å². The molecule has 21 heavy (non-hydrogen) atoms. The first-order valence-electron chi connectivity index (χ1n) is 6.91. The number of nitrogens with zero attached hydrogens (tertiary/aromatic N) is 1. The Bertz CT molecular complexity index is 705. The highest BCUT2D eigenvalue weighted by Crippen LogP contribution is 2.33. The number of benzene rings is 1. The zero-order valence-electron chi connectivity index (χ0n) is 11.7. The molecule has 2 aromatic rings. The summed E-state index contributed by atoms with van der Waals surface area (Å²) in [5, 5.41) is 0. The topological polar surface area (TPSA) is 76.5 Å². The maximum absolute atomic E-state index is 12.7. The maximum atomic E-state index is 12.7. The van der Waals surface area contributed by atoms with Gasteiger partial charge in [-0.15, -0.1) is 0 Å². The highest BCUT2D eigenvalue weighted by Gasteiger charge is 2.38. The van der Waals surface area contributed by atoms with Gasteiger partial charge in [-0.25, -0.2) is 0 Å². The van der Waals surface area contributed by atoms with E-state index >= 15 is 0 Å². The van der Waals surface area contributed by atoms with Crippen molar-refractivity contribution in [3.8, 4) is 0 Å². The van der Waals surface area contributed by atoms with Crippen molar-refractivity contribution in [2.45, 2.75) is 25.8 Å². The third-order valence-corrected chi connectivity index (χ3v) is 3.74. The van der Waals surface area contributed by atoms with Gasteiger partial charge >= 0.3 is 0 Å². The fourth-order valence-electron chi connectivity index (χ4n) is 2.67. The second-order valence-corrected chi connectivity index (χ2v) is 5.05. The van der Waals surface area contributed by atoms with E-state index in [2.05, 4.69) is 0 Å². The van der Waals surface area contributed by atoms with Crippen molar-refractivity contribution < 1.29 is 14.0 Å². The van der Waals surface area contributed by atoms with Crippen molar-refractivity contribution >= 4 is 17.5 Å². The third-order valence-electron chi connectivity index (χ3n) is 3.74. The third kappa shape index (κ3) is 2.20. The van der Waals surface area contributed by atoms with Crippen LogP contribution in [-0.2, 0) is 17.6 Å². The summed E-state index contributed by atoms with van der Waals surface area (Å²) in [6, 6.07) is 10.2. The molecule has 2 N–H and O–H groups in total. The Morgan fingerprint density at radius 3 is 2.71 bits per heavy atom. The summed E-state index contributed by atoms with van der Waals surface area (Å²) in [4.78, 5) is 25.8. The number of nitrogens with two attached hydrogens (primary N) is 1. The molecule has 1 aliphatic heterocycles. The monoisotopic (exact) mass is 284 g/mol. The lowest BCUT2D eigenvalue weighted by Gasteiger charge is -2.22. The normalized spacial score (nSPS) is 16.8. The predicted octanol–water partition coefficient (Wildman–Crippen LogP) is 1.90. The minimum atomic E-state index is -0.662. The quantitative estimate of drug-likeness (QED) is 0.935. The van der Waals surface area contributed by atoms with Gasteiger partial charge in [0.1, 0.15) is 11.8 Å². The Kier molecular flexibility index (Phi) is 3.25. The number of carbonyl (C=O) groups is 2. The van der Waals surface area contributed by atoms with Crippen molar-refractivity contribution in [1.29, 1.82) is 0 Å². The molecule has 5 nitrogen and oxygen atoms in total. The highest BCUT2D eigenvalue weighted by molar-refractivity contribution is 6.10. The number of rotatable bonds is 3. The largest absolute Gasteiger partial charge is 0.456 e. The number of amides is 2. The fraction of sp³-hybridized carbons (Fsp3) is 0.250. The number of fused-ring (bicyclic) bond motifs is 1. The van der Waals surface area contributed by atoms with Gasteiger partial charge < -0.3 is 10.2 Å². The molecule has 0 radical (unpaired) electrons. The zero-order valence-corrected chi connectivity index (χ0v) is 11.7. The fourth-order valence-corrected chi connectivity index (χ4v) is 2.67. The van der Waals surface area contributed by atoms with Crippen LogP contribution in [0.1, 0.15) is 28.8 Å². The maximum Gasteiger partial charge on any atom is 0.294 e. The van der Waals surface area contributed by atoms with Crippen LogP contribution in [0.2, 0.25) is 0 Å². The molecule has 2 heterocycles. The number of hydrogen-bond acceptors (Lipinski definition) is 3. The number of primary amides is 1. The van der Waals surface area contributed by atoms with Crippen LogP contribution in [0.25, 0.3) is 0 Å². The molecule has 0 saturated carbocycles. The molecule has 0 bridgehead atoms. The van der Waals surface area contributed by atoms with Crippen molar-refractivity contribution in [1.82, 2.24) is 0 Å². The Morgan fingerprint density at radius 1 is 1.29 bits per heavy atom. The molecule has 5 heteroatoms. The molecule has 0 spiro atoms. The van der Waals surface area contributed by atoms with Crippen molar-refractivity contribution in [3.05, 3.63) is 53.5 Å². The van der Waals surface area contributed by atoms with Gasteiger partial charge in [0, 0.05) is 18.5 Å². The molecule has 0 aliphatic carbocycles. The molecule has 0 unspecified atom stereocenters. The average molecular weight is 284 g/mol. The summed E-state index contributed by atoms with van der Waals surface area (Å²) in [7, 11) is 0. The first-order valence-corrected chi connectivity index (χ1v) is 6.91. The van der Waals surface area contributed by atoms with Gasteiger partial charge in [0.05, 0.1) is 0 Å². The molecule has 1 aromatic heterocycles. The van der Waals surface area contributed by atoms with Gasteiger partial charge in [-0.2, -0.15) is 0 Å². The lowest BCUT2D eigenvalue weighted by molar-refractivity contribution is -0.119. The van der Waals surface area contributed by atoms with Crippen molar-refractivity contribution in [2.75, 3.05) is 4.90 Å². The average Bonchev–Trinajstić information content (AvgIpc) is 3.11. The standard InChI is InChI=1S/C16H16N2O3/c1-2-11-7-8-14(21-11)16(20)18-12-6-4-3-5-10(12)9-13(18)15(17)19/h3-8,13H,2,9H2,1H3,(H2,17,19)/t13-/m0/s1. The molecular formula is C16H16N2O3. The van der Waals surface area contributed by atoms with Crippen molar-refractivity contribution in [2.24, 2.45) is 5.73 Å². The lowest BCUT2D eigenvalue weighted by Crippen LogP contribution is -2.46. The van der Waals surface area contributed by atoms with E-state index < -0.39 is 11.9 Å². The minimum Gasteiger partial charge on any atom is -0.456 e. The number of aryl methyl sites for hydroxylation is 1. The minimum absolute atomic E-state index is 0.231. The Hall–Kier alpha value is -2.56.